The van der Waals surface area contributed by atoms with E-state index in [4.69, 9.17) is 9.52 Å². The van der Waals surface area contributed by atoms with E-state index in [0.717, 1.165) is 0 Å². The molecule has 0 radical (unpaired) electrons. The number of aromatic carboxylic acids is 1. The van der Waals surface area contributed by atoms with E-state index in [1.54, 1.807) is 24.3 Å². The van der Waals surface area contributed by atoms with Crippen LogP contribution in [-0.4, -0.2) is 16.1 Å². The predicted molar refractivity (Wildman–Crippen MR) is 84.6 cm³/mol. The van der Waals surface area contributed by atoms with Gasteiger partial charge in [-0.15, -0.1) is 0 Å². The fourth-order valence-electron chi connectivity index (χ4n) is 1.99. The number of fused-ring (bicyclic) bond motifs is 1. The first-order valence-corrected chi connectivity index (χ1v) is 6.73. The number of nitrogens with zero attached hydrogens (tertiary/aromatic N) is 2. The Kier molecular flexibility index (Phi) is 3.77. The summed E-state index contributed by atoms with van der Waals surface area (Å²) in [5.41, 5.74) is 2.37. The second kappa shape index (κ2) is 6.03. The van der Waals surface area contributed by atoms with Crippen LogP contribution in [0.4, 0.5) is 5.69 Å². The van der Waals surface area contributed by atoms with Gasteiger partial charge in [-0.3, -0.25) is 0 Å². The van der Waals surface area contributed by atoms with Gasteiger partial charge >= 0.3 is 5.97 Å². The molecule has 6 heteroatoms. The molecule has 0 saturated carbocycles. The number of aromatic nitrogens is 1. The Hall–Kier alpha value is -3.59. The van der Waals surface area contributed by atoms with Crippen molar-refractivity contribution in [2.75, 3.05) is 5.32 Å². The summed E-state index contributed by atoms with van der Waals surface area (Å²) in [6.45, 7) is 0. The van der Waals surface area contributed by atoms with Crippen LogP contribution in [0.15, 0.2) is 59.1 Å². The standard InChI is InChI=1S/C17H11N3O3/c18-9-12(16-20-14-3-1-2-4-15(14)23-16)10-19-13-7-5-11(6-8-13)17(21)22/h1-8,10,19H,(H,21,22). The Morgan fingerprint density at radius 1 is 1.22 bits per heavy atom. The zero-order chi connectivity index (χ0) is 16.2. The third kappa shape index (κ3) is 3.04. The van der Waals surface area contributed by atoms with E-state index < -0.39 is 5.97 Å². The third-order valence-corrected chi connectivity index (χ3v) is 3.16. The maximum atomic E-state index is 10.8. The number of benzene rings is 2. The molecule has 112 valence electrons. The summed E-state index contributed by atoms with van der Waals surface area (Å²) >= 11 is 0. The highest BCUT2D eigenvalue weighted by molar-refractivity contribution is 5.88. The van der Waals surface area contributed by atoms with Gasteiger partial charge in [-0.05, 0) is 36.4 Å². The van der Waals surface area contributed by atoms with Crippen LogP contribution < -0.4 is 5.32 Å². The second-order valence-electron chi connectivity index (χ2n) is 4.68. The Bertz CT molecular complexity index is 901. The molecule has 0 saturated heterocycles. The smallest absolute Gasteiger partial charge is 0.335 e. The van der Waals surface area contributed by atoms with Crippen LogP contribution in [0.1, 0.15) is 16.2 Å². The number of carbonyl (C=O) groups is 1. The lowest BCUT2D eigenvalue weighted by atomic mass is 10.2. The van der Waals surface area contributed by atoms with Gasteiger partial charge < -0.3 is 14.8 Å². The molecule has 0 spiro atoms. The number of allylic oxidation sites excluding steroid dienone is 1. The Balaban J connectivity index is 1.84. The van der Waals surface area contributed by atoms with Crippen molar-refractivity contribution < 1.29 is 14.3 Å². The first-order valence-electron chi connectivity index (χ1n) is 6.73. The highest BCUT2D eigenvalue weighted by Crippen LogP contribution is 2.20. The molecule has 0 aliphatic rings. The number of para-hydroxylation sites is 2. The van der Waals surface area contributed by atoms with E-state index in [1.165, 1.54) is 18.3 Å². The molecule has 3 rings (SSSR count). The topological polar surface area (TPSA) is 99.2 Å². The van der Waals surface area contributed by atoms with Gasteiger partial charge in [0.05, 0.1) is 5.56 Å². The number of hydrogen-bond acceptors (Lipinski definition) is 5. The summed E-state index contributed by atoms with van der Waals surface area (Å²) in [5, 5.41) is 21.0. The molecule has 6 nitrogen and oxygen atoms in total. The molecule has 0 atom stereocenters. The minimum atomic E-state index is -0.990. The lowest BCUT2D eigenvalue weighted by Crippen LogP contribution is -1.96. The number of carboxylic acids is 1. The second-order valence-corrected chi connectivity index (χ2v) is 4.68. The highest BCUT2D eigenvalue weighted by atomic mass is 16.4. The largest absolute Gasteiger partial charge is 0.478 e. The summed E-state index contributed by atoms with van der Waals surface area (Å²) < 4.78 is 5.54. The van der Waals surface area contributed by atoms with Crippen molar-refractivity contribution in [3.05, 3.63) is 66.2 Å². The van der Waals surface area contributed by atoms with Crippen LogP contribution >= 0.6 is 0 Å². The predicted octanol–water partition coefficient (Wildman–Crippen LogP) is 3.50. The minimum Gasteiger partial charge on any atom is -0.478 e. The summed E-state index contributed by atoms with van der Waals surface area (Å²) in [5.74, 6) is -0.764. The summed E-state index contributed by atoms with van der Waals surface area (Å²) in [6, 6.07) is 15.5. The number of hydrogen-bond donors (Lipinski definition) is 2. The van der Waals surface area contributed by atoms with Gasteiger partial charge in [0.15, 0.2) is 5.58 Å². The zero-order valence-electron chi connectivity index (χ0n) is 11.9. The molecule has 1 heterocycles. The molecular weight excluding hydrogens is 294 g/mol. The number of carboxylic acid groups (broad SMARTS) is 1. The Morgan fingerprint density at radius 2 is 1.96 bits per heavy atom. The van der Waals surface area contributed by atoms with E-state index in [-0.39, 0.29) is 17.0 Å². The Labute approximate surface area is 131 Å². The van der Waals surface area contributed by atoms with Crippen molar-refractivity contribution in [1.82, 2.24) is 4.98 Å². The first-order chi connectivity index (χ1) is 11.2. The average molecular weight is 305 g/mol. The highest BCUT2D eigenvalue weighted by Gasteiger charge is 2.10. The maximum absolute atomic E-state index is 10.8. The normalized spacial score (nSPS) is 11.2. The summed E-state index contributed by atoms with van der Waals surface area (Å²) in [7, 11) is 0. The average Bonchev–Trinajstić information content (AvgIpc) is 2.99. The molecule has 0 aliphatic carbocycles. The summed E-state index contributed by atoms with van der Waals surface area (Å²) in [4.78, 5) is 15.1. The zero-order valence-corrected chi connectivity index (χ0v) is 11.9. The van der Waals surface area contributed by atoms with E-state index in [0.29, 0.717) is 16.8 Å². The van der Waals surface area contributed by atoms with Crippen LogP contribution in [-0.2, 0) is 0 Å². The van der Waals surface area contributed by atoms with Crippen molar-refractivity contribution >= 4 is 28.3 Å². The molecule has 0 fully saturated rings. The van der Waals surface area contributed by atoms with Gasteiger partial charge in [0.2, 0.25) is 5.89 Å². The molecule has 1 aromatic heterocycles. The molecular formula is C17H11N3O3. The molecule has 2 aromatic carbocycles. The van der Waals surface area contributed by atoms with Gasteiger partial charge in [0.1, 0.15) is 17.2 Å². The van der Waals surface area contributed by atoms with Crippen LogP contribution in [0, 0.1) is 11.3 Å². The van der Waals surface area contributed by atoms with Gasteiger partial charge in [0.25, 0.3) is 0 Å². The van der Waals surface area contributed by atoms with Crippen molar-refractivity contribution in [2.24, 2.45) is 0 Å². The maximum Gasteiger partial charge on any atom is 0.335 e. The number of nitrogens with one attached hydrogen (secondary N) is 1. The quantitative estimate of drug-likeness (QED) is 0.716. The summed E-state index contributed by atoms with van der Waals surface area (Å²) in [6.07, 6.45) is 1.47. The monoisotopic (exact) mass is 305 g/mol. The van der Waals surface area contributed by atoms with Crippen LogP contribution in [0.25, 0.3) is 16.7 Å². The lowest BCUT2D eigenvalue weighted by Gasteiger charge is -2.01. The van der Waals surface area contributed by atoms with Gasteiger partial charge in [-0.25, -0.2) is 9.78 Å². The number of anilines is 1. The number of oxazole rings is 1. The number of rotatable bonds is 4. The molecule has 0 unspecified atom stereocenters. The molecule has 2 N–H and O–H groups in total. The van der Waals surface area contributed by atoms with Crippen molar-refractivity contribution in [1.29, 1.82) is 5.26 Å². The SMILES string of the molecule is N#CC(=CNc1ccc(C(=O)O)cc1)c1nc2ccccc2o1. The van der Waals surface area contributed by atoms with Crippen molar-refractivity contribution in [3.8, 4) is 6.07 Å². The van der Waals surface area contributed by atoms with Crippen LogP contribution in [0.2, 0.25) is 0 Å². The lowest BCUT2D eigenvalue weighted by molar-refractivity contribution is 0.0697. The van der Waals surface area contributed by atoms with E-state index >= 15 is 0 Å². The first kappa shape index (κ1) is 14.4. The fraction of sp³-hybridized carbons (Fsp3) is 0. The van der Waals surface area contributed by atoms with Gasteiger partial charge in [-0.2, -0.15) is 5.26 Å². The molecule has 0 amide bonds. The molecule has 0 bridgehead atoms. The number of nitriles is 1. The van der Waals surface area contributed by atoms with Crippen LogP contribution in [0.5, 0.6) is 0 Å². The molecule has 0 aliphatic heterocycles. The fourth-order valence-corrected chi connectivity index (χ4v) is 1.99. The van der Waals surface area contributed by atoms with E-state index in [1.807, 2.05) is 18.2 Å². The van der Waals surface area contributed by atoms with Crippen molar-refractivity contribution in [2.45, 2.75) is 0 Å². The van der Waals surface area contributed by atoms with Crippen molar-refractivity contribution in [3.63, 3.8) is 0 Å². The van der Waals surface area contributed by atoms with Crippen LogP contribution in [0.3, 0.4) is 0 Å². The van der Waals surface area contributed by atoms with E-state index in [9.17, 15) is 10.1 Å². The van der Waals surface area contributed by atoms with Gasteiger partial charge in [-0.1, -0.05) is 12.1 Å². The molecule has 3 aromatic rings. The third-order valence-electron chi connectivity index (χ3n) is 3.16. The van der Waals surface area contributed by atoms with Gasteiger partial charge in [0, 0.05) is 11.9 Å². The van der Waals surface area contributed by atoms with E-state index in [2.05, 4.69) is 10.3 Å². The minimum absolute atomic E-state index is 0.194. The molecule has 23 heavy (non-hydrogen) atoms. The Morgan fingerprint density at radius 3 is 2.61 bits per heavy atom.